The van der Waals surface area contributed by atoms with Gasteiger partial charge in [-0.05, 0) is 91.0 Å². The summed E-state index contributed by atoms with van der Waals surface area (Å²) in [6, 6.07) is 52.0. The minimum absolute atomic E-state index is 0.503. The summed E-state index contributed by atoms with van der Waals surface area (Å²) < 4.78 is 0. The van der Waals surface area contributed by atoms with Gasteiger partial charge in [0.1, 0.15) is 0 Å². The molecule has 9 aromatic rings. The molecule has 234 valence electrons. The molecule has 11 rings (SSSR count). The third-order valence-electron chi connectivity index (χ3n) is 10.3. The van der Waals surface area contributed by atoms with Crippen molar-refractivity contribution in [2.24, 2.45) is 0 Å². The highest BCUT2D eigenvalue weighted by molar-refractivity contribution is 7.21. The zero-order valence-corrected chi connectivity index (χ0v) is 28.2. The van der Waals surface area contributed by atoms with Gasteiger partial charge in [-0.3, -0.25) is 4.90 Å². The first-order chi connectivity index (χ1) is 24.8. The molecule has 0 N–H and O–H groups in total. The number of hydrogen-bond donors (Lipinski definition) is 0. The summed E-state index contributed by atoms with van der Waals surface area (Å²) in [5.74, 6) is 1.87. The van der Waals surface area contributed by atoms with E-state index in [1.807, 2.05) is 59.1 Å². The molecule has 0 unspecified atom stereocenters. The van der Waals surface area contributed by atoms with Crippen molar-refractivity contribution in [3.05, 3.63) is 179 Å². The molecule has 0 atom stereocenters. The molecule has 0 radical (unpaired) electrons. The molecule has 0 saturated heterocycles. The Bertz CT molecular complexity index is 2600. The molecule has 1 spiro atoms. The molecular weight excluding hydrogens is 649 g/mol. The highest BCUT2D eigenvalue weighted by Gasteiger charge is 2.53. The normalized spacial score (nSPS) is 13.7. The number of rotatable bonds is 3. The second-order valence-electron chi connectivity index (χ2n) is 12.9. The number of fused-ring (bicyclic) bond motifs is 11. The van der Waals surface area contributed by atoms with Gasteiger partial charge in [0.25, 0.3) is 0 Å². The fourth-order valence-electron chi connectivity index (χ4n) is 8.10. The summed E-state index contributed by atoms with van der Waals surface area (Å²) in [5.41, 5.74) is 8.71. The van der Waals surface area contributed by atoms with Gasteiger partial charge >= 0.3 is 0 Å². The zero-order valence-electron chi connectivity index (χ0n) is 26.6. The minimum Gasteiger partial charge on any atom is -0.278 e. The predicted octanol–water partition coefficient (Wildman–Crippen LogP) is 11.8. The van der Waals surface area contributed by atoms with Crippen LogP contribution in [0.2, 0.25) is 0 Å². The fourth-order valence-corrected chi connectivity index (χ4v) is 10.2. The Balaban J connectivity index is 1.30. The van der Waals surface area contributed by atoms with E-state index in [1.165, 1.54) is 53.6 Å². The Morgan fingerprint density at radius 2 is 0.840 bits per heavy atom. The summed E-state index contributed by atoms with van der Waals surface area (Å²) in [7, 11) is 0. The second-order valence-corrected chi connectivity index (χ2v) is 14.7. The second kappa shape index (κ2) is 10.5. The minimum atomic E-state index is -0.503. The van der Waals surface area contributed by atoms with E-state index in [0.29, 0.717) is 17.6 Å². The summed E-state index contributed by atoms with van der Waals surface area (Å²) in [5, 5.41) is 9.28. The van der Waals surface area contributed by atoms with Gasteiger partial charge in [-0.25, -0.2) is 4.98 Å². The lowest BCUT2D eigenvalue weighted by atomic mass is 9.65. The van der Waals surface area contributed by atoms with Gasteiger partial charge < -0.3 is 0 Å². The van der Waals surface area contributed by atoms with Crippen LogP contribution in [-0.2, 0) is 5.41 Å². The zero-order chi connectivity index (χ0) is 32.8. The number of benzene rings is 6. The van der Waals surface area contributed by atoms with Gasteiger partial charge in [-0.1, -0.05) is 109 Å². The van der Waals surface area contributed by atoms with Gasteiger partial charge in [0, 0.05) is 20.9 Å². The maximum atomic E-state index is 5.30. The van der Waals surface area contributed by atoms with Crippen LogP contribution in [0.5, 0.6) is 0 Å². The monoisotopic (exact) mass is 674 g/mol. The quantitative estimate of drug-likeness (QED) is 0.187. The molecule has 4 heterocycles. The highest BCUT2D eigenvalue weighted by Crippen LogP contribution is 2.66. The van der Waals surface area contributed by atoms with E-state index >= 15 is 0 Å². The third kappa shape index (κ3) is 3.83. The van der Waals surface area contributed by atoms with E-state index in [9.17, 15) is 0 Å². The Morgan fingerprint density at radius 1 is 0.420 bits per heavy atom. The summed E-state index contributed by atoms with van der Waals surface area (Å²) in [4.78, 5) is 20.7. The molecule has 6 aromatic carbocycles. The SMILES string of the molecule is c1ccc(-c2nc(-c3ccccc3)nc(N3c4cc5ccccc5cc4C4(c5cc6ccccc6cc53)c3ccsc3-c3sccc34)n2)cc1. The van der Waals surface area contributed by atoms with E-state index in [0.717, 1.165) is 22.5 Å². The van der Waals surface area contributed by atoms with Crippen molar-refractivity contribution < 1.29 is 0 Å². The van der Waals surface area contributed by atoms with Crippen molar-refractivity contribution in [3.8, 4) is 32.5 Å². The highest BCUT2D eigenvalue weighted by atomic mass is 32.1. The maximum absolute atomic E-state index is 5.30. The standard InChI is InChI=1S/C44H26N4S2/c1-3-11-27(12-4-1)41-45-42(28-13-5-2-6-14-28)47-43(46-41)48-37-25-31-17-9-7-15-29(31)23-35(37)44(33-19-21-49-39(33)40-34(44)20-22-50-40)36-24-30-16-8-10-18-32(30)26-38(36)48/h1-26H. The van der Waals surface area contributed by atoms with Crippen LogP contribution in [0.25, 0.3) is 54.1 Å². The van der Waals surface area contributed by atoms with Crippen molar-refractivity contribution >= 4 is 61.5 Å². The molecule has 1 aliphatic carbocycles. The number of nitrogens with zero attached hydrogens (tertiary/aromatic N) is 4. The topological polar surface area (TPSA) is 41.9 Å². The average Bonchev–Trinajstić information content (AvgIpc) is 3.91. The first-order valence-electron chi connectivity index (χ1n) is 16.7. The molecule has 3 aromatic heterocycles. The van der Waals surface area contributed by atoms with Crippen LogP contribution in [0, 0.1) is 0 Å². The van der Waals surface area contributed by atoms with Crippen molar-refractivity contribution in [2.75, 3.05) is 4.90 Å². The van der Waals surface area contributed by atoms with Gasteiger partial charge in [0.15, 0.2) is 11.6 Å². The Hall–Kier alpha value is -5.95. The largest absolute Gasteiger partial charge is 0.278 e. The lowest BCUT2D eigenvalue weighted by molar-refractivity contribution is 0.755. The Morgan fingerprint density at radius 3 is 1.30 bits per heavy atom. The molecule has 0 amide bonds. The summed E-state index contributed by atoms with van der Waals surface area (Å²) in [6.45, 7) is 0. The van der Waals surface area contributed by atoms with Crippen molar-refractivity contribution in [1.82, 2.24) is 15.0 Å². The Labute approximate surface area is 296 Å². The van der Waals surface area contributed by atoms with E-state index in [2.05, 4.69) is 125 Å². The van der Waals surface area contributed by atoms with Crippen LogP contribution in [0.4, 0.5) is 17.3 Å². The van der Waals surface area contributed by atoms with Crippen molar-refractivity contribution in [1.29, 1.82) is 0 Å². The number of anilines is 3. The summed E-state index contributed by atoms with van der Waals surface area (Å²) >= 11 is 3.69. The fraction of sp³-hybridized carbons (Fsp3) is 0.0227. The van der Waals surface area contributed by atoms with Crippen LogP contribution in [-0.4, -0.2) is 15.0 Å². The lowest BCUT2D eigenvalue weighted by Crippen LogP contribution is -2.36. The predicted molar refractivity (Wildman–Crippen MR) is 207 cm³/mol. The molecule has 2 aliphatic rings. The first kappa shape index (κ1) is 27.9. The van der Waals surface area contributed by atoms with E-state index in [-0.39, 0.29) is 0 Å². The van der Waals surface area contributed by atoms with Crippen LogP contribution in [0.1, 0.15) is 22.3 Å². The van der Waals surface area contributed by atoms with Crippen molar-refractivity contribution in [2.45, 2.75) is 5.41 Å². The van der Waals surface area contributed by atoms with Crippen molar-refractivity contribution in [3.63, 3.8) is 0 Å². The smallest absolute Gasteiger partial charge is 0.238 e. The van der Waals surface area contributed by atoms with Crippen LogP contribution < -0.4 is 4.90 Å². The molecule has 0 saturated carbocycles. The van der Waals surface area contributed by atoms with Gasteiger partial charge in [-0.2, -0.15) is 9.97 Å². The molecule has 4 nitrogen and oxygen atoms in total. The first-order valence-corrected chi connectivity index (χ1v) is 18.4. The molecular formula is C44H26N4S2. The molecule has 0 bridgehead atoms. The number of aromatic nitrogens is 3. The van der Waals surface area contributed by atoms with E-state index < -0.39 is 5.41 Å². The number of thiophene rings is 2. The Kier molecular flexibility index (Phi) is 5.88. The molecule has 6 heteroatoms. The maximum Gasteiger partial charge on any atom is 0.238 e. The lowest BCUT2D eigenvalue weighted by Gasteiger charge is -2.44. The van der Waals surface area contributed by atoms with Crippen LogP contribution in [0.15, 0.2) is 156 Å². The van der Waals surface area contributed by atoms with E-state index in [4.69, 9.17) is 15.0 Å². The summed E-state index contributed by atoms with van der Waals surface area (Å²) in [6.07, 6.45) is 0. The third-order valence-corrected chi connectivity index (χ3v) is 12.2. The van der Waals surface area contributed by atoms with E-state index in [1.54, 1.807) is 0 Å². The van der Waals surface area contributed by atoms with Gasteiger partial charge in [-0.15, -0.1) is 22.7 Å². The molecule has 50 heavy (non-hydrogen) atoms. The van der Waals surface area contributed by atoms with Gasteiger partial charge in [0.2, 0.25) is 5.95 Å². The van der Waals surface area contributed by atoms with Gasteiger partial charge in [0.05, 0.1) is 16.8 Å². The molecule has 1 aliphatic heterocycles. The number of hydrogen-bond acceptors (Lipinski definition) is 6. The van der Waals surface area contributed by atoms with Crippen LogP contribution in [0.3, 0.4) is 0 Å². The average molecular weight is 675 g/mol. The molecule has 0 fully saturated rings. The van der Waals surface area contributed by atoms with Crippen LogP contribution >= 0.6 is 22.7 Å².